The van der Waals surface area contributed by atoms with Gasteiger partial charge in [0.1, 0.15) is 0 Å². The van der Waals surface area contributed by atoms with E-state index in [1.54, 1.807) is 0 Å². The van der Waals surface area contributed by atoms with E-state index in [0.29, 0.717) is 15.8 Å². The summed E-state index contributed by atoms with van der Waals surface area (Å²) >= 11 is 12.6. The Morgan fingerprint density at radius 2 is 1.95 bits per heavy atom. The van der Waals surface area contributed by atoms with E-state index in [1.807, 2.05) is 56.4 Å². The number of thiocarbonyl (C=S) groups is 1. The minimum Gasteiger partial charge on any atom is -0.379 e. The van der Waals surface area contributed by atoms with Gasteiger partial charge in [-0.05, 0) is 74.4 Å². The van der Waals surface area contributed by atoms with Gasteiger partial charge < -0.3 is 24.8 Å². The van der Waals surface area contributed by atoms with Gasteiger partial charge in [0.05, 0.1) is 41.7 Å². The maximum Gasteiger partial charge on any atom is 0.226 e. The number of benzene rings is 1. The molecular formula is C31H39ClN6O2S. The molecule has 0 spiro atoms. The van der Waals surface area contributed by atoms with E-state index in [-0.39, 0.29) is 23.9 Å². The number of amides is 1. The van der Waals surface area contributed by atoms with Gasteiger partial charge in [0.2, 0.25) is 5.91 Å². The van der Waals surface area contributed by atoms with Crippen LogP contribution in [0.25, 0.3) is 0 Å². The fraction of sp³-hybridized carbons (Fsp3) is 0.452. The van der Waals surface area contributed by atoms with Crippen LogP contribution in [0, 0.1) is 19.8 Å². The zero-order valence-corrected chi connectivity index (χ0v) is 25.8. The number of rotatable bonds is 9. The van der Waals surface area contributed by atoms with Gasteiger partial charge in [-0.2, -0.15) is 0 Å². The summed E-state index contributed by atoms with van der Waals surface area (Å²) in [6.45, 7) is 13.7. The Hall–Kier alpha value is -2.98. The summed E-state index contributed by atoms with van der Waals surface area (Å²) in [5, 5.41) is 7.54. The molecule has 1 aromatic carbocycles. The largest absolute Gasteiger partial charge is 0.379 e. The number of morpholine rings is 1. The SMILES string of the molecule is Cc1cc([C@@H]2[C@H](c3ccccn3)NC(=S)N2c2ccc(NC(=O)C(C)C)c(Cl)c2)c(C)n1CCCN1CCOCC1. The van der Waals surface area contributed by atoms with E-state index in [9.17, 15) is 4.79 Å². The maximum atomic E-state index is 12.3. The highest BCUT2D eigenvalue weighted by molar-refractivity contribution is 7.80. The zero-order valence-electron chi connectivity index (χ0n) is 24.2. The van der Waals surface area contributed by atoms with Gasteiger partial charge in [-0.1, -0.05) is 31.5 Å². The number of nitrogens with one attached hydrogen (secondary N) is 2. The summed E-state index contributed by atoms with van der Waals surface area (Å²) < 4.78 is 7.92. The quantitative estimate of drug-likeness (QED) is 0.310. The number of ether oxygens (including phenoxy) is 1. The van der Waals surface area contributed by atoms with Crippen molar-refractivity contribution in [2.75, 3.05) is 43.1 Å². The van der Waals surface area contributed by atoms with Crippen molar-refractivity contribution in [3.8, 4) is 0 Å². The predicted molar refractivity (Wildman–Crippen MR) is 169 cm³/mol. The number of aromatic nitrogens is 2. The minimum atomic E-state index is -0.148. The van der Waals surface area contributed by atoms with Crippen LogP contribution in [0.2, 0.25) is 5.02 Å². The van der Waals surface area contributed by atoms with Crippen molar-refractivity contribution in [2.45, 2.75) is 52.7 Å². The normalized spacial score (nSPS) is 19.6. The molecule has 5 rings (SSSR count). The molecule has 41 heavy (non-hydrogen) atoms. The number of aryl methyl sites for hydroxylation is 1. The second kappa shape index (κ2) is 12.9. The van der Waals surface area contributed by atoms with Gasteiger partial charge in [0.25, 0.3) is 0 Å². The van der Waals surface area contributed by atoms with Crippen LogP contribution in [0.1, 0.15) is 55.0 Å². The lowest BCUT2D eigenvalue weighted by molar-refractivity contribution is -0.118. The molecule has 10 heteroatoms. The summed E-state index contributed by atoms with van der Waals surface area (Å²) in [5.74, 6) is -0.221. The average Bonchev–Trinajstić information content (AvgIpc) is 3.45. The fourth-order valence-corrected chi connectivity index (χ4v) is 6.30. The van der Waals surface area contributed by atoms with Crippen molar-refractivity contribution in [2.24, 2.45) is 5.92 Å². The topological polar surface area (TPSA) is 74.7 Å². The summed E-state index contributed by atoms with van der Waals surface area (Å²) in [5.41, 5.74) is 6.01. The third kappa shape index (κ3) is 6.43. The van der Waals surface area contributed by atoms with Crippen molar-refractivity contribution in [3.63, 3.8) is 0 Å². The first-order valence-electron chi connectivity index (χ1n) is 14.3. The third-order valence-corrected chi connectivity index (χ3v) is 8.63. The van der Waals surface area contributed by atoms with Gasteiger partial charge in [-0.3, -0.25) is 14.7 Å². The Bertz CT molecular complexity index is 1390. The summed E-state index contributed by atoms with van der Waals surface area (Å²) in [6, 6.07) is 13.7. The number of nitrogens with zero attached hydrogens (tertiary/aromatic N) is 4. The van der Waals surface area contributed by atoms with Gasteiger partial charge in [-0.25, -0.2) is 0 Å². The molecule has 218 valence electrons. The van der Waals surface area contributed by atoms with Crippen molar-refractivity contribution in [1.29, 1.82) is 0 Å². The van der Waals surface area contributed by atoms with Crippen molar-refractivity contribution < 1.29 is 9.53 Å². The van der Waals surface area contributed by atoms with E-state index in [1.165, 1.54) is 17.0 Å². The number of hydrogen-bond donors (Lipinski definition) is 2. The first-order valence-corrected chi connectivity index (χ1v) is 15.1. The molecule has 2 atom stereocenters. The van der Waals surface area contributed by atoms with E-state index in [2.05, 4.69) is 44.9 Å². The second-order valence-electron chi connectivity index (χ2n) is 11.1. The molecule has 0 unspecified atom stereocenters. The van der Waals surface area contributed by atoms with Crippen molar-refractivity contribution in [1.82, 2.24) is 19.8 Å². The molecule has 0 saturated carbocycles. The number of hydrogen-bond acceptors (Lipinski definition) is 5. The molecule has 0 radical (unpaired) electrons. The summed E-state index contributed by atoms with van der Waals surface area (Å²) in [4.78, 5) is 21.6. The summed E-state index contributed by atoms with van der Waals surface area (Å²) in [7, 11) is 0. The number of carbonyl (C=O) groups is 1. The van der Waals surface area contributed by atoms with E-state index >= 15 is 0 Å². The minimum absolute atomic E-state index is 0.0767. The molecule has 2 aliphatic rings. The Labute approximate surface area is 253 Å². The molecule has 8 nitrogen and oxygen atoms in total. The molecule has 0 aliphatic carbocycles. The highest BCUT2D eigenvalue weighted by Crippen LogP contribution is 2.44. The summed E-state index contributed by atoms with van der Waals surface area (Å²) in [6.07, 6.45) is 2.89. The van der Waals surface area contributed by atoms with Crippen LogP contribution >= 0.6 is 23.8 Å². The van der Waals surface area contributed by atoms with E-state index in [0.717, 1.165) is 57.2 Å². The number of halogens is 1. The monoisotopic (exact) mass is 594 g/mol. The molecule has 2 aromatic heterocycles. The molecule has 4 heterocycles. The fourth-order valence-electron chi connectivity index (χ4n) is 5.73. The molecule has 2 N–H and O–H groups in total. The second-order valence-corrected chi connectivity index (χ2v) is 11.9. The first kappa shape index (κ1) is 29.5. The molecule has 0 bridgehead atoms. The predicted octanol–water partition coefficient (Wildman–Crippen LogP) is 5.65. The van der Waals surface area contributed by atoms with Crippen molar-refractivity contribution in [3.05, 3.63) is 76.3 Å². The number of carbonyl (C=O) groups excluding carboxylic acids is 1. The molecule has 2 fully saturated rings. The highest BCUT2D eigenvalue weighted by Gasteiger charge is 2.42. The molecular weight excluding hydrogens is 556 g/mol. The smallest absolute Gasteiger partial charge is 0.226 e. The van der Waals surface area contributed by atoms with Gasteiger partial charge >= 0.3 is 0 Å². The highest BCUT2D eigenvalue weighted by atomic mass is 35.5. The Morgan fingerprint density at radius 1 is 1.17 bits per heavy atom. The van der Waals surface area contributed by atoms with Gasteiger partial charge in [0.15, 0.2) is 5.11 Å². The van der Waals surface area contributed by atoms with Crippen LogP contribution in [0.3, 0.4) is 0 Å². The maximum absolute atomic E-state index is 12.3. The number of anilines is 2. The number of pyridine rings is 1. The average molecular weight is 595 g/mol. The lowest BCUT2D eigenvalue weighted by Gasteiger charge is -2.29. The van der Waals surface area contributed by atoms with Crippen LogP contribution in [-0.4, -0.2) is 58.3 Å². The van der Waals surface area contributed by atoms with Gasteiger partial charge in [-0.15, -0.1) is 0 Å². The third-order valence-electron chi connectivity index (χ3n) is 8.00. The standard InChI is InChI=1S/C31H39ClN6O2S/c1-20(2)30(39)34-26-10-9-23(19-25(26)32)38-29(28(35-31(38)41)27-8-5-6-11-33-27)24-18-21(3)37(22(24)4)13-7-12-36-14-16-40-17-15-36/h5-6,8-11,18-20,28-29H,7,12-17H2,1-4H3,(H,34,39)(H,35,41)/t28-,29+/m0/s1. The first-order chi connectivity index (χ1) is 19.7. The van der Waals surface area contributed by atoms with Crippen LogP contribution in [-0.2, 0) is 16.1 Å². The zero-order chi connectivity index (χ0) is 29.1. The van der Waals surface area contributed by atoms with Crippen LogP contribution in [0.4, 0.5) is 11.4 Å². The van der Waals surface area contributed by atoms with Crippen molar-refractivity contribution >= 4 is 46.2 Å². The van der Waals surface area contributed by atoms with E-state index < -0.39 is 0 Å². The van der Waals surface area contributed by atoms with Gasteiger partial charge in [0, 0.05) is 55.4 Å². The van der Waals surface area contributed by atoms with Crippen LogP contribution in [0.15, 0.2) is 48.7 Å². The molecule has 3 aromatic rings. The lowest BCUT2D eigenvalue weighted by atomic mass is 9.96. The Morgan fingerprint density at radius 3 is 2.63 bits per heavy atom. The molecule has 1 amide bonds. The Kier molecular flexibility index (Phi) is 9.28. The van der Waals surface area contributed by atoms with Crippen LogP contribution in [0.5, 0.6) is 0 Å². The Balaban J connectivity index is 1.47. The molecule has 2 saturated heterocycles. The van der Waals surface area contributed by atoms with Crippen LogP contribution < -0.4 is 15.5 Å². The molecule has 2 aliphatic heterocycles. The lowest BCUT2D eigenvalue weighted by Crippen LogP contribution is -2.37. The van der Waals surface area contributed by atoms with E-state index in [4.69, 9.17) is 33.5 Å².